The second kappa shape index (κ2) is 6.71. The highest BCUT2D eigenvalue weighted by Gasteiger charge is 2.21. The molecule has 2 aromatic rings. The van der Waals surface area contributed by atoms with Crippen molar-refractivity contribution in [3.63, 3.8) is 0 Å². The molecule has 1 aliphatic rings. The van der Waals surface area contributed by atoms with E-state index in [0.29, 0.717) is 5.92 Å². The van der Waals surface area contributed by atoms with Crippen molar-refractivity contribution in [3.8, 4) is 0 Å². The van der Waals surface area contributed by atoms with Gasteiger partial charge in [-0.15, -0.1) is 11.3 Å². The Morgan fingerprint density at radius 2 is 2.33 bits per heavy atom. The van der Waals surface area contributed by atoms with Crippen LogP contribution in [0, 0.1) is 5.92 Å². The van der Waals surface area contributed by atoms with E-state index in [2.05, 4.69) is 39.9 Å². The van der Waals surface area contributed by atoms with Crippen LogP contribution in [0.3, 0.4) is 0 Å². The van der Waals surface area contributed by atoms with Crippen LogP contribution in [-0.4, -0.2) is 32.5 Å². The van der Waals surface area contributed by atoms with E-state index >= 15 is 0 Å². The van der Waals surface area contributed by atoms with Crippen LogP contribution in [0.4, 0.5) is 0 Å². The Balaban J connectivity index is 1.55. The van der Waals surface area contributed by atoms with Crippen molar-refractivity contribution in [3.05, 3.63) is 34.8 Å². The van der Waals surface area contributed by atoms with Gasteiger partial charge in [-0.05, 0) is 31.2 Å². The highest BCUT2D eigenvalue weighted by Crippen LogP contribution is 2.23. The van der Waals surface area contributed by atoms with E-state index in [1.165, 1.54) is 36.6 Å². The van der Waals surface area contributed by atoms with Crippen LogP contribution in [0.1, 0.15) is 43.3 Å². The Hall–Kier alpha value is -1.20. The molecule has 2 aromatic heterocycles. The zero-order valence-corrected chi connectivity index (χ0v) is 13.7. The van der Waals surface area contributed by atoms with E-state index in [1.807, 2.05) is 23.9 Å². The summed E-state index contributed by atoms with van der Waals surface area (Å²) in [5.41, 5.74) is 1.24. The fourth-order valence-corrected chi connectivity index (χ4v) is 3.99. The number of rotatable bonds is 5. The molecular weight excluding hydrogens is 280 g/mol. The van der Waals surface area contributed by atoms with Gasteiger partial charge in [0.2, 0.25) is 0 Å². The molecule has 0 spiro atoms. The van der Waals surface area contributed by atoms with Gasteiger partial charge in [0.1, 0.15) is 5.01 Å². The van der Waals surface area contributed by atoms with Gasteiger partial charge >= 0.3 is 0 Å². The Bertz CT molecular complexity index is 546. The van der Waals surface area contributed by atoms with E-state index in [0.717, 1.165) is 19.0 Å². The zero-order chi connectivity index (χ0) is 14.7. The molecule has 0 amide bonds. The second-order valence-electron chi connectivity index (χ2n) is 6.32. The summed E-state index contributed by atoms with van der Waals surface area (Å²) in [6.45, 7) is 8.90. The number of aromatic nitrogens is 3. The third-order valence-corrected chi connectivity index (χ3v) is 5.00. The van der Waals surface area contributed by atoms with Gasteiger partial charge in [0, 0.05) is 30.9 Å². The van der Waals surface area contributed by atoms with Crippen molar-refractivity contribution in [1.82, 2.24) is 19.4 Å². The maximum absolute atomic E-state index is 4.77. The number of hydrogen-bond donors (Lipinski definition) is 0. The van der Waals surface area contributed by atoms with Crippen molar-refractivity contribution < 1.29 is 0 Å². The Morgan fingerprint density at radius 3 is 3.05 bits per heavy atom. The number of nitrogens with zero attached hydrogens (tertiary/aromatic N) is 4. The van der Waals surface area contributed by atoms with Gasteiger partial charge in [-0.2, -0.15) is 0 Å². The quantitative estimate of drug-likeness (QED) is 0.849. The largest absolute Gasteiger partial charge is 0.337 e. The Morgan fingerprint density at radius 1 is 1.43 bits per heavy atom. The van der Waals surface area contributed by atoms with Crippen LogP contribution in [0.25, 0.3) is 0 Å². The number of hydrogen-bond acceptors (Lipinski definition) is 4. The van der Waals surface area contributed by atoms with E-state index < -0.39 is 0 Å². The number of imidazole rings is 1. The van der Waals surface area contributed by atoms with E-state index in [1.54, 1.807) is 0 Å². The van der Waals surface area contributed by atoms with E-state index in [4.69, 9.17) is 4.98 Å². The third-order valence-electron chi connectivity index (χ3n) is 4.15. The summed E-state index contributed by atoms with van der Waals surface area (Å²) in [5.74, 6) is 1.27. The first kappa shape index (κ1) is 14.7. The summed E-state index contributed by atoms with van der Waals surface area (Å²) in [6, 6.07) is 0. The predicted octanol–water partition coefficient (Wildman–Crippen LogP) is 3.38. The van der Waals surface area contributed by atoms with Crippen LogP contribution in [0.5, 0.6) is 0 Å². The van der Waals surface area contributed by atoms with E-state index in [9.17, 15) is 0 Å². The van der Waals surface area contributed by atoms with Crippen molar-refractivity contribution in [1.29, 1.82) is 0 Å². The molecule has 0 radical (unpaired) electrons. The van der Waals surface area contributed by atoms with Crippen LogP contribution >= 0.6 is 11.3 Å². The first-order valence-electron chi connectivity index (χ1n) is 7.83. The molecule has 1 fully saturated rings. The molecule has 0 unspecified atom stereocenters. The van der Waals surface area contributed by atoms with Crippen LogP contribution in [0.2, 0.25) is 0 Å². The summed E-state index contributed by atoms with van der Waals surface area (Å²) < 4.78 is 2.20. The molecular formula is C16H24N4S. The fraction of sp³-hybridized carbons (Fsp3) is 0.625. The predicted molar refractivity (Wildman–Crippen MR) is 86.4 cm³/mol. The van der Waals surface area contributed by atoms with Gasteiger partial charge in [-0.25, -0.2) is 9.97 Å². The summed E-state index contributed by atoms with van der Waals surface area (Å²) >= 11 is 1.81. The SMILES string of the molecule is CC(C)c1csc(CN2CCC[C@H](Cn3ccnc3)C2)n1. The molecule has 114 valence electrons. The lowest BCUT2D eigenvalue weighted by Crippen LogP contribution is -2.36. The van der Waals surface area contributed by atoms with Crippen molar-refractivity contribution in [2.24, 2.45) is 5.92 Å². The first-order valence-corrected chi connectivity index (χ1v) is 8.71. The second-order valence-corrected chi connectivity index (χ2v) is 7.27. The topological polar surface area (TPSA) is 34.0 Å². The molecule has 4 nitrogen and oxygen atoms in total. The maximum atomic E-state index is 4.77. The minimum absolute atomic E-state index is 0.533. The number of likely N-dealkylation sites (tertiary alicyclic amines) is 1. The molecule has 5 heteroatoms. The fourth-order valence-electron chi connectivity index (χ4n) is 2.99. The van der Waals surface area contributed by atoms with Gasteiger partial charge in [0.05, 0.1) is 18.6 Å². The van der Waals surface area contributed by atoms with Crippen molar-refractivity contribution in [2.45, 2.75) is 45.7 Å². The molecule has 0 saturated carbocycles. The normalized spacial score (nSPS) is 20.2. The zero-order valence-electron chi connectivity index (χ0n) is 12.9. The molecule has 3 heterocycles. The molecule has 0 aliphatic carbocycles. The minimum Gasteiger partial charge on any atom is -0.337 e. The summed E-state index contributed by atoms with van der Waals surface area (Å²) in [4.78, 5) is 11.5. The average Bonchev–Trinajstić information content (AvgIpc) is 3.11. The Kier molecular flexibility index (Phi) is 4.70. The first-order chi connectivity index (χ1) is 10.2. The molecule has 0 aromatic carbocycles. The lowest BCUT2D eigenvalue weighted by molar-refractivity contribution is 0.156. The van der Waals surface area contributed by atoms with Gasteiger partial charge in [-0.1, -0.05) is 13.8 Å². The van der Waals surface area contributed by atoms with Crippen LogP contribution in [0.15, 0.2) is 24.1 Å². The number of thiazole rings is 1. The van der Waals surface area contributed by atoms with Gasteiger partial charge in [0.25, 0.3) is 0 Å². The molecule has 1 aliphatic heterocycles. The molecule has 0 bridgehead atoms. The Labute approximate surface area is 130 Å². The standard InChI is InChI=1S/C16H24N4S/c1-13(2)15-11-21-16(18-15)10-19-6-3-4-14(8-19)9-20-7-5-17-12-20/h5,7,11-14H,3-4,6,8-10H2,1-2H3/t14-/m0/s1. The average molecular weight is 304 g/mol. The molecule has 1 saturated heterocycles. The summed E-state index contributed by atoms with van der Waals surface area (Å²) in [7, 11) is 0. The maximum Gasteiger partial charge on any atom is 0.107 e. The molecule has 3 rings (SSSR count). The molecule has 0 N–H and O–H groups in total. The van der Waals surface area contributed by atoms with Crippen molar-refractivity contribution in [2.75, 3.05) is 13.1 Å². The lowest BCUT2D eigenvalue weighted by atomic mass is 9.98. The monoisotopic (exact) mass is 304 g/mol. The third kappa shape index (κ3) is 3.92. The summed E-state index contributed by atoms with van der Waals surface area (Å²) in [6.07, 6.45) is 8.47. The smallest absolute Gasteiger partial charge is 0.107 e. The minimum atomic E-state index is 0.533. The number of piperidine rings is 1. The highest BCUT2D eigenvalue weighted by molar-refractivity contribution is 7.09. The van der Waals surface area contributed by atoms with E-state index in [-0.39, 0.29) is 0 Å². The molecule has 21 heavy (non-hydrogen) atoms. The summed E-state index contributed by atoms with van der Waals surface area (Å²) in [5, 5.41) is 3.48. The van der Waals surface area contributed by atoms with Crippen LogP contribution < -0.4 is 0 Å². The van der Waals surface area contributed by atoms with Crippen LogP contribution in [-0.2, 0) is 13.1 Å². The lowest BCUT2D eigenvalue weighted by Gasteiger charge is -2.32. The van der Waals surface area contributed by atoms with Crippen molar-refractivity contribution >= 4 is 11.3 Å². The highest BCUT2D eigenvalue weighted by atomic mass is 32.1. The van der Waals surface area contributed by atoms with Gasteiger partial charge in [0.15, 0.2) is 0 Å². The van der Waals surface area contributed by atoms with Gasteiger partial charge < -0.3 is 4.57 Å². The molecule has 1 atom stereocenters. The van der Waals surface area contributed by atoms with Gasteiger partial charge in [-0.3, -0.25) is 4.90 Å².